The molecule has 0 unspecified atom stereocenters. The number of carbonyl (C=O) groups excluding carboxylic acids is 1. The van der Waals surface area contributed by atoms with Gasteiger partial charge in [0.15, 0.2) is 0 Å². The van der Waals surface area contributed by atoms with Gasteiger partial charge in [-0.2, -0.15) is 0 Å². The number of hydrogen-bond acceptors (Lipinski definition) is 3. The molecule has 2 aliphatic rings. The van der Waals surface area contributed by atoms with E-state index < -0.39 is 0 Å². The lowest BCUT2D eigenvalue weighted by molar-refractivity contribution is -0.127. The maximum Gasteiger partial charge on any atom is 0.237 e. The van der Waals surface area contributed by atoms with Crippen LogP contribution in [-0.4, -0.2) is 28.0 Å². The van der Waals surface area contributed by atoms with Crippen LogP contribution < -0.4 is 5.32 Å². The molecule has 2 aromatic rings. The van der Waals surface area contributed by atoms with Gasteiger partial charge in [-0.1, -0.05) is 30.3 Å². The molecular weight excluding hydrogens is 331 g/mol. The number of rotatable bonds is 5. The first-order valence-electron chi connectivity index (χ1n) is 9.13. The molecule has 26 heavy (non-hydrogen) atoms. The molecule has 1 atom stereocenters. The van der Waals surface area contributed by atoms with Crippen molar-refractivity contribution in [3.05, 3.63) is 70.5 Å². The summed E-state index contributed by atoms with van der Waals surface area (Å²) in [6, 6.07) is 12.8. The van der Waals surface area contributed by atoms with Crippen LogP contribution in [0.4, 0.5) is 4.39 Å². The first-order chi connectivity index (χ1) is 12.6. The highest BCUT2D eigenvalue weighted by Crippen LogP contribution is 2.27. The summed E-state index contributed by atoms with van der Waals surface area (Å²) in [6.45, 7) is 0.834. The van der Waals surface area contributed by atoms with E-state index in [9.17, 15) is 14.3 Å². The van der Waals surface area contributed by atoms with Gasteiger partial charge in [-0.05, 0) is 48.1 Å². The molecule has 1 aliphatic heterocycles. The quantitative estimate of drug-likeness (QED) is 0.868. The Bertz CT molecular complexity index is 819. The predicted molar refractivity (Wildman–Crippen MR) is 96.7 cm³/mol. The summed E-state index contributed by atoms with van der Waals surface area (Å²) < 4.78 is 14.3. The third-order valence-electron chi connectivity index (χ3n) is 5.24. The molecule has 0 bridgehead atoms. The summed E-state index contributed by atoms with van der Waals surface area (Å²) in [5, 5.41) is 12.4. The van der Waals surface area contributed by atoms with E-state index in [0.29, 0.717) is 36.7 Å². The zero-order valence-electron chi connectivity index (χ0n) is 14.6. The topological polar surface area (TPSA) is 52.6 Å². The van der Waals surface area contributed by atoms with Crippen LogP contribution in [0.15, 0.2) is 42.5 Å². The molecule has 4 nitrogen and oxygen atoms in total. The SMILES string of the molecule is O=C(NC1CC1)[C@H]1Cc2ccccc2CN1Cc1cc(CO)ccc1F. The highest BCUT2D eigenvalue weighted by molar-refractivity contribution is 5.83. The molecule has 1 amide bonds. The molecule has 0 aromatic heterocycles. The molecule has 4 rings (SSSR count). The Balaban J connectivity index is 1.61. The molecule has 0 spiro atoms. The van der Waals surface area contributed by atoms with E-state index in [1.807, 2.05) is 17.0 Å². The average molecular weight is 354 g/mol. The summed E-state index contributed by atoms with van der Waals surface area (Å²) in [7, 11) is 0. The van der Waals surface area contributed by atoms with Crippen molar-refractivity contribution >= 4 is 5.91 Å². The van der Waals surface area contributed by atoms with Crippen LogP contribution in [0.3, 0.4) is 0 Å². The largest absolute Gasteiger partial charge is 0.392 e. The Labute approximate surface area is 152 Å². The van der Waals surface area contributed by atoms with Crippen molar-refractivity contribution in [3.63, 3.8) is 0 Å². The van der Waals surface area contributed by atoms with E-state index in [1.54, 1.807) is 12.1 Å². The van der Waals surface area contributed by atoms with Crippen molar-refractivity contribution in [2.24, 2.45) is 0 Å². The molecule has 1 heterocycles. The zero-order chi connectivity index (χ0) is 18.1. The fourth-order valence-corrected chi connectivity index (χ4v) is 3.59. The van der Waals surface area contributed by atoms with E-state index in [1.165, 1.54) is 17.2 Å². The van der Waals surface area contributed by atoms with E-state index in [-0.39, 0.29) is 24.4 Å². The summed E-state index contributed by atoms with van der Waals surface area (Å²) in [6.07, 6.45) is 2.72. The minimum Gasteiger partial charge on any atom is -0.392 e. The van der Waals surface area contributed by atoms with Gasteiger partial charge in [-0.3, -0.25) is 9.69 Å². The van der Waals surface area contributed by atoms with Crippen LogP contribution >= 0.6 is 0 Å². The van der Waals surface area contributed by atoms with Crippen LogP contribution in [0.25, 0.3) is 0 Å². The van der Waals surface area contributed by atoms with Crippen LogP contribution in [0, 0.1) is 5.82 Å². The van der Waals surface area contributed by atoms with Gasteiger partial charge < -0.3 is 10.4 Å². The number of amides is 1. The highest BCUT2D eigenvalue weighted by Gasteiger charge is 2.34. The number of halogens is 1. The molecule has 1 fully saturated rings. The van der Waals surface area contributed by atoms with E-state index in [4.69, 9.17) is 0 Å². The minimum atomic E-state index is -0.303. The van der Waals surface area contributed by atoms with Gasteiger partial charge in [0.05, 0.1) is 12.6 Å². The average Bonchev–Trinajstić information content (AvgIpc) is 3.47. The second-order valence-electron chi connectivity index (χ2n) is 7.26. The highest BCUT2D eigenvalue weighted by atomic mass is 19.1. The second-order valence-corrected chi connectivity index (χ2v) is 7.26. The maximum absolute atomic E-state index is 14.3. The lowest BCUT2D eigenvalue weighted by Gasteiger charge is -2.36. The molecule has 5 heteroatoms. The van der Waals surface area contributed by atoms with Crippen LogP contribution in [0.5, 0.6) is 0 Å². The van der Waals surface area contributed by atoms with Crippen molar-refractivity contribution in [3.8, 4) is 0 Å². The summed E-state index contributed by atoms with van der Waals surface area (Å²) in [4.78, 5) is 14.8. The summed E-state index contributed by atoms with van der Waals surface area (Å²) >= 11 is 0. The van der Waals surface area contributed by atoms with Crippen molar-refractivity contribution < 1.29 is 14.3 Å². The molecule has 0 radical (unpaired) electrons. The van der Waals surface area contributed by atoms with Gasteiger partial charge in [0, 0.05) is 24.7 Å². The number of nitrogens with one attached hydrogen (secondary N) is 1. The van der Waals surface area contributed by atoms with Gasteiger partial charge in [0.2, 0.25) is 5.91 Å². The number of nitrogens with zero attached hydrogens (tertiary/aromatic N) is 1. The standard InChI is InChI=1S/C21H23FN2O2/c22-19-8-5-14(13-25)9-17(19)12-24-11-16-4-2-1-3-15(16)10-20(24)21(26)23-18-6-7-18/h1-5,8-9,18,20,25H,6-7,10-13H2,(H,23,26)/t20-/m1/s1. The third-order valence-corrected chi connectivity index (χ3v) is 5.24. The van der Waals surface area contributed by atoms with Gasteiger partial charge in [-0.15, -0.1) is 0 Å². The Morgan fingerprint density at radius 1 is 1.19 bits per heavy atom. The number of aliphatic hydroxyl groups excluding tert-OH is 1. The molecule has 2 aromatic carbocycles. The van der Waals surface area contributed by atoms with Gasteiger partial charge in [0.25, 0.3) is 0 Å². The van der Waals surface area contributed by atoms with Gasteiger partial charge in [0.1, 0.15) is 5.82 Å². The van der Waals surface area contributed by atoms with E-state index in [0.717, 1.165) is 12.8 Å². The van der Waals surface area contributed by atoms with Crippen LogP contribution in [0.2, 0.25) is 0 Å². The van der Waals surface area contributed by atoms with E-state index >= 15 is 0 Å². The summed E-state index contributed by atoms with van der Waals surface area (Å²) in [5.74, 6) is -0.275. The lowest BCUT2D eigenvalue weighted by atomic mass is 9.92. The maximum atomic E-state index is 14.3. The normalized spacial score (nSPS) is 19.8. The first-order valence-corrected chi connectivity index (χ1v) is 9.13. The Hall–Kier alpha value is -2.24. The van der Waals surface area contributed by atoms with Crippen molar-refractivity contribution in [2.75, 3.05) is 0 Å². The fraction of sp³-hybridized carbons (Fsp3) is 0.381. The lowest BCUT2D eigenvalue weighted by Crippen LogP contribution is -2.50. The van der Waals surface area contributed by atoms with Gasteiger partial charge >= 0.3 is 0 Å². The smallest absolute Gasteiger partial charge is 0.237 e. The van der Waals surface area contributed by atoms with Crippen molar-refractivity contribution in [1.29, 1.82) is 0 Å². The molecule has 1 aliphatic carbocycles. The number of fused-ring (bicyclic) bond motifs is 1. The van der Waals surface area contributed by atoms with Crippen molar-refractivity contribution in [1.82, 2.24) is 10.2 Å². The third kappa shape index (κ3) is 3.64. The van der Waals surface area contributed by atoms with Crippen LogP contribution in [0.1, 0.15) is 35.1 Å². The van der Waals surface area contributed by atoms with E-state index in [2.05, 4.69) is 17.4 Å². The zero-order valence-corrected chi connectivity index (χ0v) is 14.6. The minimum absolute atomic E-state index is 0.0284. The summed E-state index contributed by atoms with van der Waals surface area (Å²) in [5.41, 5.74) is 3.56. The molecule has 136 valence electrons. The second kappa shape index (κ2) is 7.17. The van der Waals surface area contributed by atoms with Crippen molar-refractivity contribution in [2.45, 2.75) is 51.0 Å². The molecular formula is C21H23FN2O2. The Morgan fingerprint density at radius 2 is 1.96 bits per heavy atom. The molecule has 1 saturated carbocycles. The monoisotopic (exact) mass is 354 g/mol. The number of carbonyl (C=O) groups is 1. The van der Waals surface area contributed by atoms with Crippen LogP contribution in [-0.2, 0) is 30.9 Å². The number of aliphatic hydroxyl groups is 1. The Morgan fingerprint density at radius 3 is 2.69 bits per heavy atom. The van der Waals surface area contributed by atoms with Gasteiger partial charge in [-0.25, -0.2) is 4.39 Å². The fourth-order valence-electron chi connectivity index (χ4n) is 3.59. The number of hydrogen-bond donors (Lipinski definition) is 2. The molecule has 2 N–H and O–H groups in total. The first kappa shape index (κ1) is 17.2. The Kier molecular flexibility index (Phi) is 4.74. The predicted octanol–water partition coefficient (Wildman–Crippen LogP) is 2.52. The number of benzene rings is 2. The molecule has 0 saturated heterocycles.